The highest BCUT2D eigenvalue weighted by Gasteiger charge is 2.26. The first kappa shape index (κ1) is 13.5. The summed E-state index contributed by atoms with van der Waals surface area (Å²) in [5.41, 5.74) is 3.00. The van der Waals surface area contributed by atoms with Crippen LogP contribution in [0.3, 0.4) is 0 Å². The molecule has 2 N–H and O–H groups in total. The summed E-state index contributed by atoms with van der Waals surface area (Å²) >= 11 is 0. The van der Waals surface area contributed by atoms with Crippen molar-refractivity contribution in [2.24, 2.45) is 0 Å². The molecule has 108 valence electrons. The lowest BCUT2D eigenvalue weighted by Crippen LogP contribution is -2.35. The topological polar surface area (TPSA) is 58.6 Å². The number of phenols is 1. The maximum absolute atomic E-state index is 12.2. The van der Waals surface area contributed by atoms with Crippen molar-refractivity contribution in [2.45, 2.75) is 25.9 Å². The second-order valence-electron chi connectivity index (χ2n) is 5.29. The predicted octanol–water partition coefficient (Wildman–Crippen LogP) is 3.03. The van der Waals surface area contributed by atoms with Gasteiger partial charge in [0.05, 0.1) is 0 Å². The first-order chi connectivity index (χ1) is 10.1. The summed E-state index contributed by atoms with van der Waals surface area (Å²) in [6.07, 6.45) is 1.03. The summed E-state index contributed by atoms with van der Waals surface area (Å²) in [5.74, 6) is 0.802. The molecular weight excluding hydrogens is 266 g/mol. The minimum Gasteiger partial charge on any atom is -0.508 e. The van der Waals surface area contributed by atoms with Crippen LogP contribution in [-0.4, -0.2) is 17.1 Å². The van der Waals surface area contributed by atoms with Crippen LogP contribution in [0.5, 0.6) is 11.5 Å². The lowest BCUT2D eigenvalue weighted by molar-refractivity contribution is -0.123. The fourth-order valence-corrected chi connectivity index (χ4v) is 2.47. The Balaban J connectivity index is 1.69. The molecule has 4 nitrogen and oxygen atoms in total. The molecule has 1 atom stereocenters. The lowest BCUT2D eigenvalue weighted by Gasteiger charge is -2.25. The van der Waals surface area contributed by atoms with Crippen LogP contribution in [0.1, 0.15) is 17.5 Å². The standard InChI is InChI=1S/C17H17NO3/c1-11-2-8-15-12(10-11)3-9-16(21-15)17(20)18-13-4-6-14(19)7-5-13/h2,4-8,10,16,19H,3,9H2,1H3,(H,18,20). The van der Waals surface area contributed by atoms with Gasteiger partial charge in [0.25, 0.3) is 5.91 Å². The van der Waals surface area contributed by atoms with Crippen molar-refractivity contribution in [1.29, 1.82) is 0 Å². The number of phenolic OH excluding ortho intramolecular Hbond substituents is 1. The largest absolute Gasteiger partial charge is 0.508 e. The van der Waals surface area contributed by atoms with Crippen LogP contribution in [0.4, 0.5) is 5.69 Å². The number of benzene rings is 2. The number of hydrogen-bond donors (Lipinski definition) is 2. The fraction of sp³-hybridized carbons (Fsp3) is 0.235. The molecule has 0 saturated heterocycles. The van der Waals surface area contributed by atoms with Gasteiger partial charge in [-0.3, -0.25) is 4.79 Å². The van der Waals surface area contributed by atoms with Crippen LogP contribution >= 0.6 is 0 Å². The molecule has 1 aliphatic rings. The third-order valence-electron chi connectivity index (χ3n) is 3.59. The highest BCUT2D eigenvalue weighted by molar-refractivity contribution is 5.94. The molecule has 2 aromatic rings. The number of rotatable bonds is 2. The van der Waals surface area contributed by atoms with E-state index < -0.39 is 6.10 Å². The first-order valence-electron chi connectivity index (χ1n) is 6.98. The highest BCUT2D eigenvalue weighted by Crippen LogP contribution is 2.28. The van der Waals surface area contributed by atoms with Gasteiger partial charge in [0, 0.05) is 5.69 Å². The van der Waals surface area contributed by atoms with Crippen molar-refractivity contribution >= 4 is 11.6 Å². The van der Waals surface area contributed by atoms with Gasteiger partial charge in [0.2, 0.25) is 0 Å². The van der Waals surface area contributed by atoms with Gasteiger partial charge in [0.1, 0.15) is 11.5 Å². The Hall–Kier alpha value is -2.49. The summed E-state index contributed by atoms with van der Waals surface area (Å²) in [4.78, 5) is 12.2. The molecule has 21 heavy (non-hydrogen) atoms. The third kappa shape index (κ3) is 2.99. The monoisotopic (exact) mass is 283 g/mol. The smallest absolute Gasteiger partial charge is 0.265 e. The van der Waals surface area contributed by atoms with Crippen molar-refractivity contribution in [3.8, 4) is 11.5 Å². The Morgan fingerprint density at radius 2 is 2.00 bits per heavy atom. The van der Waals surface area contributed by atoms with Gasteiger partial charge in [-0.1, -0.05) is 17.7 Å². The van der Waals surface area contributed by atoms with E-state index in [9.17, 15) is 9.90 Å². The number of carbonyl (C=O) groups excluding carboxylic acids is 1. The Bertz CT molecular complexity index is 664. The molecule has 0 bridgehead atoms. The molecule has 0 radical (unpaired) electrons. The number of amides is 1. The van der Waals surface area contributed by atoms with Crippen molar-refractivity contribution in [1.82, 2.24) is 0 Å². The predicted molar refractivity (Wildman–Crippen MR) is 80.7 cm³/mol. The summed E-state index contributed by atoms with van der Waals surface area (Å²) in [6.45, 7) is 2.05. The maximum atomic E-state index is 12.2. The summed E-state index contributed by atoms with van der Waals surface area (Å²) in [6, 6.07) is 12.4. The van der Waals surface area contributed by atoms with Crippen molar-refractivity contribution < 1.29 is 14.6 Å². The molecule has 0 fully saturated rings. The Labute approximate surface area is 123 Å². The minimum absolute atomic E-state index is 0.160. The molecule has 1 heterocycles. The SMILES string of the molecule is Cc1ccc2c(c1)CCC(C(=O)Nc1ccc(O)cc1)O2. The fourth-order valence-electron chi connectivity index (χ4n) is 2.47. The first-order valence-corrected chi connectivity index (χ1v) is 6.98. The van der Waals surface area contributed by atoms with E-state index in [1.165, 1.54) is 17.7 Å². The molecule has 1 unspecified atom stereocenters. The maximum Gasteiger partial charge on any atom is 0.265 e. The number of aromatic hydroxyl groups is 1. The zero-order valence-corrected chi connectivity index (χ0v) is 11.8. The van der Waals surface area contributed by atoms with E-state index in [4.69, 9.17) is 4.74 Å². The van der Waals surface area contributed by atoms with Crippen LogP contribution in [-0.2, 0) is 11.2 Å². The number of ether oxygens (including phenoxy) is 1. The average molecular weight is 283 g/mol. The number of anilines is 1. The summed E-state index contributed by atoms with van der Waals surface area (Å²) in [5, 5.41) is 12.0. The Morgan fingerprint density at radius 3 is 2.76 bits per heavy atom. The summed E-state index contributed by atoms with van der Waals surface area (Å²) in [7, 11) is 0. The second kappa shape index (κ2) is 5.48. The molecule has 3 rings (SSSR count). The van der Waals surface area contributed by atoms with E-state index in [1.54, 1.807) is 12.1 Å². The minimum atomic E-state index is -0.478. The number of aryl methyl sites for hydroxylation is 2. The highest BCUT2D eigenvalue weighted by atomic mass is 16.5. The van der Waals surface area contributed by atoms with Crippen LogP contribution in [0.15, 0.2) is 42.5 Å². The molecule has 1 aliphatic heterocycles. The van der Waals surface area contributed by atoms with E-state index in [0.29, 0.717) is 12.1 Å². The van der Waals surface area contributed by atoms with Crippen molar-refractivity contribution in [3.05, 3.63) is 53.6 Å². The molecule has 0 aliphatic carbocycles. The Morgan fingerprint density at radius 1 is 1.24 bits per heavy atom. The molecule has 1 amide bonds. The van der Waals surface area contributed by atoms with E-state index in [-0.39, 0.29) is 11.7 Å². The van der Waals surface area contributed by atoms with Gasteiger partial charge in [-0.15, -0.1) is 0 Å². The van der Waals surface area contributed by atoms with E-state index >= 15 is 0 Å². The van der Waals surface area contributed by atoms with Gasteiger partial charge < -0.3 is 15.2 Å². The van der Waals surface area contributed by atoms with Crippen LogP contribution in [0.2, 0.25) is 0 Å². The van der Waals surface area contributed by atoms with Gasteiger partial charge in [-0.05, 0) is 55.7 Å². The number of nitrogens with one attached hydrogen (secondary N) is 1. The summed E-state index contributed by atoms with van der Waals surface area (Å²) < 4.78 is 5.78. The zero-order chi connectivity index (χ0) is 14.8. The molecule has 4 heteroatoms. The van der Waals surface area contributed by atoms with E-state index in [2.05, 4.69) is 11.4 Å². The normalized spacial score (nSPS) is 16.7. The molecule has 0 saturated carbocycles. The molecule has 0 spiro atoms. The molecule has 0 aromatic heterocycles. The van der Waals surface area contributed by atoms with Gasteiger partial charge in [-0.2, -0.15) is 0 Å². The average Bonchev–Trinajstić information content (AvgIpc) is 2.49. The van der Waals surface area contributed by atoms with E-state index in [1.807, 2.05) is 19.1 Å². The lowest BCUT2D eigenvalue weighted by atomic mass is 10.00. The van der Waals surface area contributed by atoms with E-state index in [0.717, 1.165) is 17.7 Å². The number of carbonyl (C=O) groups is 1. The quantitative estimate of drug-likeness (QED) is 0.833. The Kier molecular flexibility index (Phi) is 3.52. The molecular formula is C17H17NO3. The zero-order valence-electron chi connectivity index (χ0n) is 11.8. The van der Waals surface area contributed by atoms with Crippen LogP contribution in [0.25, 0.3) is 0 Å². The third-order valence-corrected chi connectivity index (χ3v) is 3.59. The second-order valence-corrected chi connectivity index (χ2v) is 5.29. The van der Waals surface area contributed by atoms with Gasteiger partial charge >= 0.3 is 0 Å². The van der Waals surface area contributed by atoms with Crippen LogP contribution < -0.4 is 10.1 Å². The van der Waals surface area contributed by atoms with Crippen molar-refractivity contribution in [3.63, 3.8) is 0 Å². The molecule has 2 aromatic carbocycles. The van der Waals surface area contributed by atoms with Crippen LogP contribution in [0, 0.1) is 6.92 Å². The van der Waals surface area contributed by atoms with Crippen molar-refractivity contribution in [2.75, 3.05) is 5.32 Å². The number of hydrogen-bond acceptors (Lipinski definition) is 3. The number of fused-ring (bicyclic) bond motifs is 1. The van der Waals surface area contributed by atoms with Gasteiger partial charge in [0.15, 0.2) is 6.10 Å². The van der Waals surface area contributed by atoms with Gasteiger partial charge in [-0.25, -0.2) is 0 Å².